The number of nitrogens with zero attached hydrogens (tertiary/aromatic N) is 6. The van der Waals surface area contributed by atoms with Gasteiger partial charge in [0.05, 0.1) is 33.1 Å². The van der Waals surface area contributed by atoms with Crippen molar-refractivity contribution in [3.63, 3.8) is 0 Å². The van der Waals surface area contributed by atoms with Crippen molar-refractivity contribution in [3.8, 4) is 11.5 Å². The smallest absolute Gasteiger partial charge is 0.257 e. The van der Waals surface area contributed by atoms with E-state index in [0.717, 1.165) is 64.6 Å². The Bertz CT molecular complexity index is 2280. The summed E-state index contributed by atoms with van der Waals surface area (Å²) < 4.78 is 17.1. The lowest BCUT2D eigenvalue weighted by molar-refractivity contribution is 0.0734. The van der Waals surface area contributed by atoms with Crippen LogP contribution in [0.1, 0.15) is 48.4 Å². The lowest BCUT2D eigenvalue weighted by atomic mass is 10.1. The molecular formula is C45H47ClN6O5S. The van der Waals surface area contributed by atoms with Gasteiger partial charge < -0.3 is 33.6 Å². The molecule has 0 aliphatic carbocycles. The number of para-hydroxylation sites is 3. The van der Waals surface area contributed by atoms with Gasteiger partial charge >= 0.3 is 0 Å². The number of benzene rings is 4. The van der Waals surface area contributed by atoms with Crippen LogP contribution < -0.4 is 19.3 Å². The molecule has 2 aliphatic heterocycles. The zero-order valence-corrected chi connectivity index (χ0v) is 34.5. The Labute approximate surface area is 348 Å². The average Bonchev–Trinajstić information content (AvgIpc) is 3.84. The average molecular weight is 819 g/mol. The summed E-state index contributed by atoms with van der Waals surface area (Å²) in [6.45, 7) is 12.3. The quantitative estimate of drug-likeness (QED) is 0.135. The van der Waals surface area contributed by atoms with Crippen molar-refractivity contribution in [2.24, 2.45) is 0 Å². The number of piperazine rings is 2. The van der Waals surface area contributed by atoms with Crippen LogP contribution >= 0.6 is 22.9 Å². The summed E-state index contributed by atoms with van der Waals surface area (Å²) in [5.41, 5.74) is 6.07. The zero-order chi connectivity index (χ0) is 40.4. The maximum Gasteiger partial charge on any atom is 0.257 e. The van der Waals surface area contributed by atoms with Gasteiger partial charge in [0.15, 0.2) is 0 Å². The van der Waals surface area contributed by atoms with Gasteiger partial charge in [-0.3, -0.25) is 9.59 Å². The van der Waals surface area contributed by atoms with Crippen molar-refractivity contribution in [2.45, 2.75) is 34.0 Å². The van der Waals surface area contributed by atoms with E-state index in [1.165, 1.54) is 5.69 Å². The van der Waals surface area contributed by atoms with Crippen molar-refractivity contribution in [1.29, 1.82) is 0 Å². The molecule has 300 valence electrons. The summed E-state index contributed by atoms with van der Waals surface area (Å²) in [5, 5.41) is 7.67. The fraction of sp³-hybridized carbons (Fsp3) is 0.289. The third-order valence-electron chi connectivity index (χ3n) is 10.3. The third kappa shape index (κ3) is 9.99. The standard InChI is InChI=1S/C23H24ClN3O3.C22H23N3O2S/c1-16-21(17(2)30-25-16)15-29-22-9-4-3-8-20(22)23(28)27-12-10-26(11-13-27)19-7-5-6-18(24)14-19;1-17-23-18(16-28-17)15-27-21-10-6-5-9-20(21)22(26)25-13-11-24(12-14-25)19-7-3-2-4-8-19/h3-9,14H,10-13,15H2,1-2H3;2-10,16H,11-15H2,1H3. The molecule has 2 aromatic heterocycles. The zero-order valence-electron chi connectivity index (χ0n) is 33.0. The van der Waals surface area contributed by atoms with Gasteiger partial charge in [-0.25, -0.2) is 4.98 Å². The number of halogens is 1. The number of hydrogen-bond acceptors (Lipinski definition) is 10. The maximum absolute atomic E-state index is 13.2. The van der Waals surface area contributed by atoms with E-state index in [4.69, 9.17) is 25.6 Å². The van der Waals surface area contributed by atoms with E-state index in [9.17, 15) is 9.59 Å². The highest BCUT2D eigenvalue weighted by molar-refractivity contribution is 7.09. The number of anilines is 2. The molecule has 4 aromatic carbocycles. The number of aryl methyl sites for hydroxylation is 3. The van der Waals surface area contributed by atoms with Crippen LogP contribution in [0.25, 0.3) is 0 Å². The summed E-state index contributed by atoms with van der Waals surface area (Å²) in [5.74, 6) is 1.92. The summed E-state index contributed by atoms with van der Waals surface area (Å²) >= 11 is 7.71. The van der Waals surface area contributed by atoms with Crippen molar-refractivity contribution >= 4 is 46.1 Å². The predicted octanol–water partition coefficient (Wildman–Crippen LogP) is 8.48. The van der Waals surface area contributed by atoms with Crippen molar-refractivity contribution < 1.29 is 23.6 Å². The Morgan fingerprint density at radius 2 is 1.21 bits per heavy atom. The number of carbonyl (C=O) groups excluding carboxylic acids is 2. The van der Waals surface area contributed by atoms with E-state index in [1.807, 2.05) is 127 Å². The molecule has 0 spiro atoms. The molecule has 0 saturated carbocycles. The Balaban J connectivity index is 0.000000177. The number of thiazole rings is 1. The molecule has 0 atom stereocenters. The van der Waals surface area contributed by atoms with Gasteiger partial charge in [0.25, 0.3) is 11.8 Å². The third-order valence-corrected chi connectivity index (χ3v) is 11.3. The van der Waals surface area contributed by atoms with Gasteiger partial charge in [-0.05, 0) is 75.4 Å². The van der Waals surface area contributed by atoms with Gasteiger partial charge in [-0.1, -0.05) is 65.3 Å². The van der Waals surface area contributed by atoms with Gasteiger partial charge in [-0.15, -0.1) is 11.3 Å². The van der Waals surface area contributed by atoms with Crippen LogP contribution in [0, 0.1) is 20.8 Å². The Morgan fingerprint density at radius 1 is 0.672 bits per heavy atom. The molecule has 6 aromatic rings. The van der Waals surface area contributed by atoms with Crippen LogP contribution in [-0.4, -0.2) is 84.1 Å². The van der Waals surface area contributed by atoms with Gasteiger partial charge in [0.1, 0.15) is 30.5 Å². The first-order valence-electron chi connectivity index (χ1n) is 19.4. The summed E-state index contributed by atoms with van der Waals surface area (Å²) in [6.07, 6.45) is 0. The normalized spacial score (nSPS) is 14.1. The van der Waals surface area contributed by atoms with Gasteiger partial charge in [0, 0.05) is 74.1 Å². The van der Waals surface area contributed by atoms with E-state index in [1.54, 1.807) is 11.3 Å². The van der Waals surface area contributed by atoms with Crippen LogP contribution in [0.15, 0.2) is 113 Å². The molecule has 8 rings (SSSR count). The highest BCUT2D eigenvalue weighted by Gasteiger charge is 2.26. The minimum atomic E-state index is -0.0184. The Kier molecular flexibility index (Phi) is 13.3. The van der Waals surface area contributed by atoms with E-state index in [0.29, 0.717) is 62.0 Å². The lowest BCUT2D eigenvalue weighted by Gasteiger charge is -2.36. The highest BCUT2D eigenvalue weighted by atomic mass is 35.5. The number of aromatic nitrogens is 2. The molecule has 2 amide bonds. The molecule has 0 bridgehead atoms. The number of ether oxygens (including phenoxy) is 2. The van der Waals surface area contributed by atoms with Crippen molar-refractivity contribution in [3.05, 3.63) is 152 Å². The fourth-order valence-corrected chi connectivity index (χ4v) is 7.79. The van der Waals surface area contributed by atoms with Crippen LogP contribution in [0.3, 0.4) is 0 Å². The van der Waals surface area contributed by atoms with Crippen molar-refractivity contribution in [2.75, 3.05) is 62.2 Å². The minimum Gasteiger partial charge on any atom is -0.488 e. The fourth-order valence-electron chi connectivity index (χ4n) is 7.01. The monoisotopic (exact) mass is 818 g/mol. The summed E-state index contributed by atoms with van der Waals surface area (Å²) in [6, 6.07) is 33.0. The number of carbonyl (C=O) groups is 2. The van der Waals surface area contributed by atoms with Crippen LogP contribution in [0.5, 0.6) is 11.5 Å². The molecule has 13 heteroatoms. The molecule has 4 heterocycles. The first-order valence-corrected chi connectivity index (χ1v) is 20.6. The SMILES string of the molecule is Cc1nc(COc2ccccc2C(=O)N2CCN(c3ccccc3)CC2)cs1.Cc1noc(C)c1COc1ccccc1C(=O)N1CCN(c2cccc(Cl)c2)CC1. The molecule has 11 nitrogen and oxygen atoms in total. The van der Waals surface area contributed by atoms with Crippen LogP contribution in [-0.2, 0) is 13.2 Å². The number of rotatable bonds is 10. The van der Waals surface area contributed by atoms with Gasteiger partial charge in [-0.2, -0.15) is 0 Å². The second kappa shape index (κ2) is 19.1. The van der Waals surface area contributed by atoms with Crippen molar-refractivity contribution in [1.82, 2.24) is 19.9 Å². The number of hydrogen-bond donors (Lipinski definition) is 0. The molecule has 2 fully saturated rings. The molecular weight excluding hydrogens is 772 g/mol. The molecule has 2 aliphatic rings. The molecule has 0 N–H and O–H groups in total. The first kappa shape index (κ1) is 40.4. The molecule has 58 heavy (non-hydrogen) atoms. The molecule has 2 saturated heterocycles. The second-order valence-electron chi connectivity index (χ2n) is 14.1. The summed E-state index contributed by atoms with van der Waals surface area (Å²) in [7, 11) is 0. The Hall–Kier alpha value is -5.85. The highest BCUT2D eigenvalue weighted by Crippen LogP contribution is 2.26. The molecule has 0 unspecified atom stereocenters. The second-order valence-corrected chi connectivity index (χ2v) is 15.6. The van der Waals surface area contributed by atoms with E-state index < -0.39 is 0 Å². The molecule has 0 radical (unpaired) electrons. The lowest BCUT2D eigenvalue weighted by Crippen LogP contribution is -2.48. The minimum absolute atomic E-state index is 0.0184. The summed E-state index contributed by atoms with van der Waals surface area (Å²) in [4.78, 5) is 39.0. The van der Waals surface area contributed by atoms with Crippen LogP contribution in [0.4, 0.5) is 11.4 Å². The topological polar surface area (TPSA) is 104 Å². The number of amides is 2. The van der Waals surface area contributed by atoms with E-state index in [2.05, 4.69) is 32.1 Å². The predicted molar refractivity (Wildman–Crippen MR) is 229 cm³/mol. The van der Waals surface area contributed by atoms with Crippen LogP contribution in [0.2, 0.25) is 5.02 Å². The largest absolute Gasteiger partial charge is 0.488 e. The van der Waals surface area contributed by atoms with E-state index >= 15 is 0 Å². The van der Waals surface area contributed by atoms with Gasteiger partial charge in [0.2, 0.25) is 0 Å². The van der Waals surface area contributed by atoms with E-state index in [-0.39, 0.29) is 11.8 Å². The maximum atomic E-state index is 13.2. The first-order chi connectivity index (χ1) is 28.2. The Morgan fingerprint density at radius 3 is 1.74 bits per heavy atom.